The third kappa shape index (κ3) is 3.69. The molecule has 1 saturated heterocycles. The number of hydrogen-bond donors (Lipinski definition) is 0. The van der Waals surface area contributed by atoms with E-state index in [1.807, 2.05) is 32.6 Å². The van der Waals surface area contributed by atoms with Crippen molar-refractivity contribution >= 4 is 11.7 Å². The molecule has 0 aromatic carbocycles. The van der Waals surface area contributed by atoms with Gasteiger partial charge in [-0.1, -0.05) is 0 Å². The summed E-state index contributed by atoms with van der Waals surface area (Å²) >= 11 is 0. The number of carbonyl (C=O) groups excluding carboxylic acids is 1. The van der Waals surface area contributed by atoms with Crippen molar-refractivity contribution in [1.82, 2.24) is 24.0 Å². The van der Waals surface area contributed by atoms with Gasteiger partial charge in [0.05, 0.1) is 6.20 Å². The molecular formula is C19H26N6O3. The van der Waals surface area contributed by atoms with Crippen molar-refractivity contribution in [3.05, 3.63) is 51.2 Å². The molecule has 1 amide bonds. The maximum Gasteiger partial charge on any atom is 0.333 e. The number of aromatic nitrogens is 4. The third-order valence-corrected chi connectivity index (χ3v) is 4.85. The van der Waals surface area contributed by atoms with Crippen LogP contribution in [0.3, 0.4) is 0 Å². The molecule has 2 aromatic heterocycles. The molecule has 0 atom stereocenters. The summed E-state index contributed by atoms with van der Waals surface area (Å²) in [5.74, 6) is 0.442. The number of amides is 1. The Bertz CT molecular complexity index is 956. The molecule has 2 aromatic rings. The topological polar surface area (TPSA) is 93.3 Å². The second-order valence-corrected chi connectivity index (χ2v) is 7.42. The molecule has 0 saturated carbocycles. The monoisotopic (exact) mass is 386 g/mol. The molecule has 0 bridgehead atoms. The van der Waals surface area contributed by atoms with Crippen LogP contribution in [0.2, 0.25) is 0 Å². The summed E-state index contributed by atoms with van der Waals surface area (Å²) in [5, 5.41) is 0. The van der Waals surface area contributed by atoms with Gasteiger partial charge in [-0.05, 0) is 27.7 Å². The minimum atomic E-state index is -0.301. The summed E-state index contributed by atoms with van der Waals surface area (Å²) < 4.78 is 2.93. The molecule has 28 heavy (non-hydrogen) atoms. The SMILES string of the molecule is CC(C)n1c(N2CCN(C(=O)c3cnccn3)CC2)cc(=O)n(C(C)C)c1=O. The summed E-state index contributed by atoms with van der Waals surface area (Å²) in [7, 11) is 0. The molecule has 0 unspecified atom stereocenters. The van der Waals surface area contributed by atoms with Gasteiger partial charge >= 0.3 is 5.69 Å². The van der Waals surface area contributed by atoms with Crippen molar-refractivity contribution in [2.24, 2.45) is 0 Å². The van der Waals surface area contributed by atoms with Crippen LogP contribution in [-0.2, 0) is 0 Å². The van der Waals surface area contributed by atoms with Crippen molar-refractivity contribution in [3.8, 4) is 0 Å². The van der Waals surface area contributed by atoms with E-state index in [1.165, 1.54) is 29.2 Å². The first-order chi connectivity index (χ1) is 13.3. The first-order valence-electron chi connectivity index (χ1n) is 9.49. The highest BCUT2D eigenvalue weighted by Gasteiger charge is 2.26. The fourth-order valence-electron chi connectivity index (χ4n) is 3.47. The normalized spacial score (nSPS) is 14.8. The smallest absolute Gasteiger partial charge is 0.333 e. The van der Waals surface area contributed by atoms with Crippen LogP contribution in [0.5, 0.6) is 0 Å². The Morgan fingerprint density at radius 1 is 0.964 bits per heavy atom. The second kappa shape index (κ2) is 7.95. The molecule has 0 aliphatic carbocycles. The van der Waals surface area contributed by atoms with E-state index in [0.717, 1.165) is 0 Å². The van der Waals surface area contributed by atoms with Crippen LogP contribution in [0.15, 0.2) is 34.2 Å². The highest BCUT2D eigenvalue weighted by Crippen LogP contribution is 2.18. The van der Waals surface area contributed by atoms with Gasteiger partial charge in [0.1, 0.15) is 11.5 Å². The highest BCUT2D eigenvalue weighted by atomic mass is 16.2. The van der Waals surface area contributed by atoms with Crippen LogP contribution < -0.4 is 16.1 Å². The van der Waals surface area contributed by atoms with Gasteiger partial charge in [0.2, 0.25) is 0 Å². The Kier molecular flexibility index (Phi) is 5.62. The van der Waals surface area contributed by atoms with E-state index in [2.05, 4.69) is 9.97 Å². The van der Waals surface area contributed by atoms with Crippen LogP contribution in [-0.4, -0.2) is 56.1 Å². The van der Waals surface area contributed by atoms with Gasteiger partial charge in [-0.25, -0.2) is 9.78 Å². The van der Waals surface area contributed by atoms with E-state index in [-0.39, 0.29) is 29.2 Å². The first-order valence-corrected chi connectivity index (χ1v) is 9.49. The van der Waals surface area contributed by atoms with E-state index in [1.54, 1.807) is 9.47 Å². The fourth-order valence-corrected chi connectivity index (χ4v) is 3.47. The molecule has 150 valence electrons. The van der Waals surface area contributed by atoms with Crippen molar-refractivity contribution in [3.63, 3.8) is 0 Å². The van der Waals surface area contributed by atoms with Crippen LogP contribution >= 0.6 is 0 Å². The summed E-state index contributed by atoms with van der Waals surface area (Å²) in [6.07, 6.45) is 4.48. The van der Waals surface area contributed by atoms with Gasteiger partial charge in [0.15, 0.2) is 0 Å². The number of rotatable bonds is 4. The standard InChI is InChI=1S/C19H26N6O3/c1-13(2)24-16(11-17(26)25(14(3)4)19(24)28)22-7-9-23(10-8-22)18(27)15-12-20-5-6-21-15/h5-6,11-14H,7-10H2,1-4H3. The van der Waals surface area contributed by atoms with Crippen LogP contribution in [0, 0.1) is 0 Å². The van der Waals surface area contributed by atoms with Gasteiger partial charge in [-0.3, -0.25) is 23.7 Å². The lowest BCUT2D eigenvalue weighted by molar-refractivity contribution is 0.0739. The number of anilines is 1. The van der Waals surface area contributed by atoms with Crippen molar-refractivity contribution in [1.29, 1.82) is 0 Å². The Morgan fingerprint density at radius 3 is 2.14 bits per heavy atom. The molecular weight excluding hydrogens is 360 g/mol. The quantitative estimate of drug-likeness (QED) is 0.776. The zero-order chi connectivity index (χ0) is 20.4. The first kappa shape index (κ1) is 19.8. The van der Waals surface area contributed by atoms with E-state index >= 15 is 0 Å². The van der Waals surface area contributed by atoms with Crippen molar-refractivity contribution in [2.75, 3.05) is 31.1 Å². The Labute approximate surface area is 163 Å². The molecule has 0 spiro atoms. The van der Waals surface area contributed by atoms with E-state index < -0.39 is 0 Å². The Morgan fingerprint density at radius 2 is 1.61 bits per heavy atom. The van der Waals surface area contributed by atoms with Crippen LogP contribution in [0.1, 0.15) is 50.3 Å². The maximum absolute atomic E-state index is 12.9. The van der Waals surface area contributed by atoms with E-state index in [0.29, 0.717) is 37.7 Å². The molecule has 1 aliphatic rings. The zero-order valence-electron chi connectivity index (χ0n) is 16.7. The number of carbonyl (C=O) groups is 1. The highest BCUT2D eigenvalue weighted by molar-refractivity contribution is 5.92. The molecule has 3 heterocycles. The molecule has 1 aliphatic heterocycles. The maximum atomic E-state index is 12.9. The predicted octanol–water partition coefficient (Wildman–Crippen LogP) is 0.924. The van der Waals surface area contributed by atoms with Crippen LogP contribution in [0.4, 0.5) is 5.82 Å². The van der Waals surface area contributed by atoms with Crippen LogP contribution in [0.25, 0.3) is 0 Å². The van der Waals surface area contributed by atoms with Gasteiger partial charge in [-0.15, -0.1) is 0 Å². The Hall–Kier alpha value is -2.97. The Balaban J connectivity index is 1.85. The largest absolute Gasteiger partial charge is 0.354 e. The molecule has 9 nitrogen and oxygen atoms in total. The minimum Gasteiger partial charge on any atom is -0.354 e. The van der Waals surface area contributed by atoms with Gasteiger partial charge in [0.25, 0.3) is 11.5 Å². The number of nitrogens with zero attached hydrogens (tertiary/aromatic N) is 6. The average molecular weight is 386 g/mol. The van der Waals surface area contributed by atoms with E-state index in [9.17, 15) is 14.4 Å². The second-order valence-electron chi connectivity index (χ2n) is 7.42. The molecule has 3 rings (SSSR count). The van der Waals surface area contributed by atoms with Crippen molar-refractivity contribution in [2.45, 2.75) is 39.8 Å². The lowest BCUT2D eigenvalue weighted by Gasteiger charge is -2.37. The van der Waals surface area contributed by atoms with Crippen molar-refractivity contribution < 1.29 is 4.79 Å². The molecule has 0 radical (unpaired) electrons. The lowest BCUT2D eigenvalue weighted by atomic mass is 10.2. The number of piperazine rings is 1. The van der Waals surface area contributed by atoms with E-state index in [4.69, 9.17) is 0 Å². The number of hydrogen-bond acceptors (Lipinski definition) is 6. The third-order valence-electron chi connectivity index (χ3n) is 4.85. The summed E-state index contributed by atoms with van der Waals surface area (Å²) in [6, 6.07) is 1.23. The van der Waals surface area contributed by atoms with Gasteiger partial charge < -0.3 is 9.80 Å². The summed E-state index contributed by atoms with van der Waals surface area (Å²) in [4.78, 5) is 49.7. The van der Waals surface area contributed by atoms with Gasteiger partial charge in [0, 0.05) is 56.7 Å². The average Bonchev–Trinajstić information content (AvgIpc) is 2.67. The lowest BCUT2D eigenvalue weighted by Crippen LogP contribution is -2.51. The zero-order valence-corrected chi connectivity index (χ0v) is 16.7. The molecule has 1 fully saturated rings. The van der Waals surface area contributed by atoms with Gasteiger partial charge in [-0.2, -0.15) is 0 Å². The summed E-state index contributed by atoms with van der Waals surface area (Å²) in [5.41, 5.74) is -0.287. The minimum absolute atomic E-state index is 0.0904. The predicted molar refractivity (Wildman–Crippen MR) is 106 cm³/mol. The molecule has 9 heteroatoms. The fraction of sp³-hybridized carbons (Fsp3) is 0.526. The molecule has 0 N–H and O–H groups in total. The summed E-state index contributed by atoms with van der Waals surface area (Å²) in [6.45, 7) is 9.52.